The third kappa shape index (κ3) is 4.47. The van der Waals surface area contributed by atoms with Crippen LogP contribution in [0.25, 0.3) is 11.0 Å². The van der Waals surface area contributed by atoms with Crippen LogP contribution < -0.4 is 10.6 Å². The molecule has 1 aliphatic carbocycles. The highest BCUT2D eigenvalue weighted by Gasteiger charge is 2.30. The number of pyridine rings is 1. The van der Waals surface area contributed by atoms with Crippen LogP contribution in [0, 0.1) is 0 Å². The Morgan fingerprint density at radius 1 is 1.15 bits per heavy atom. The van der Waals surface area contributed by atoms with Crippen LogP contribution >= 0.6 is 11.3 Å². The second kappa shape index (κ2) is 8.71. The number of hydrogen-bond acceptors (Lipinski definition) is 6. The first-order valence-electron chi connectivity index (χ1n) is 10.8. The third-order valence-electron chi connectivity index (χ3n) is 5.92. The highest BCUT2D eigenvalue weighted by Crippen LogP contribution is 2.34. The van der Waals surface area contributed by atoms with Crippen molar-refractivity contribution in [2.75, 3.05) is 5.32 Å². The molecule has 3 heterocycles. The van der Waals surface area contributed by atoms with Crippen LogP contribution in [-0.4, -0.2) is 25.4 Å². The monoisotopic (exact) mass is 486 g/mol. The lowest BCUT2D eigenvalue weighted by atomic mass is 9.93. The highest BCUT2D eigenvalue weighted by atomic mass is 32.1. The van der Waals surface area contributed by atoms with E-state index >= 15 is 0 Å². The number of rotatable bonds is 6. The number of nitrogens with zero attached hydrogens (tertiary/aromatic N) is 4. The van der Waals surface area contributed by atoms with E-state index in [-0.39, 0.29) is 11.9 Å². The first-order chi connectivity index (χ1) is 16.3. The predicted molar refractivity (Wildman–Crippen MR) is 123 cm³/mol. The number of carbonyl (C=O) groups excluding carboxylic acids is 1. The fourth-order valence-corrected chi connectivity index (χ4v) is 4.60. The van der Waals surface area contributed by atoms with Crippen LogP contribution in [0.3, 0.4) is 0 Å². The molecule has 4 aromatic rings. The summed E-state index contributed by atoms with van der Waals surface area (Å²) in [4.78, 5) is 26.6. The van der Waals surface area contributed by atoms with Crippen molar-refractivity contribution < 1.29 is 18.0 Å². The van der Waals surface area contributed by atoms with Crippen molar-refractivity contribution in [3.63, 3.8) is 0 Å². The number of hydrogen-bond donors (Lipinski definition) is 2. The van der Waals surface area contributed by atoms with Gasteiger partial charge in [0.05, 0.1) is 29.6 Å². The number of benzene rings is 1. The first kappa shape index (κ1) is 22.3. The molecule has 11 heteroatoms. The van der Waals surface area contributed by atoms with Crippen molar-refractivity contribution in [2.45, 2.75) is 44.4 Å². The van der Waals surface area contributed by atoms with E-state index in [2.05, 4.69) is 30.2 Å². The van der Waals surface area contributed by atoms with Gasteiger partial charge in [0.25, 0.3) is 5.91 Å². The van der Waals surface area contributed by atoms with E-state index in [1.54, 1.807) is 18.5 Å². The fraction of sp³-hybridized carbons (Fsp3) is 0.304. The van der Waals surface area contributed by atoms with Gasteiger partial charge < -0.3 is 15.2 Å². The Kier molecular flexibility index (Phi) is 5.72. The molecular formula is C23H21F3N6OS. The van der Waals surface area contributed by atoms with Gasteiger partial charge in [0.1, 0.15) is 11.2 Å². The number of nitrogens with one attached hydrogen (secondary N) is 2. The van der Waals surface area contributed by atoms with Crippen LogP contribution in [0.5, 0.6) is 0 Å². The molecule has 1 aromatic carbocycles. The topological polar surface area (TPSA) is 84.7 Å². The van der Waals surface area contributed by atoms with Gasteiger partial charge in [-0.3, -0.25) is 4.79 Å². The molecule has 2 N–H and O–H groups in total. The number of amides is 1. The van der Waals surface area contributed by atoms with E-state index < -0.39 is 11.7 Å². The second-order valence-electron chi connectivity index (χ2n) is 8.26. The molecule has 1 amide bonds. The van der Waals surface area contributed by atoms with Crippen molar-refractivity contribution >= 4 is 39.1 Å². The third-order valence-corrected chi connectivity index (χ3v) is 7.02. The van der Waals surface area contributed by atoms with Gasteiger partial charge in [-0.15, -0.1) is 0 Å². The molecule has 0 unspecified atom stereocenters. The zero-order valence-electron chi connectivity index (χ0n) is 18.1. The normalized spacial score (nSPS) is 15.2. The van der Waals surface area contributed by atoms with Crippen LogP contribution in [-0.2, 0) is 6.18 Å². The van der Waals surface area contributed by atoms with Crippen molar-refractivity contribution in [1.29, 1.82) is 0 Å². The van der Waals surface area contributed by atoms with E-state index in [0.29, 0.717) is 22.6 Å². The van der Waals surface area contributed by atoms with Gasteiger partial charge in [-0.05, 0) is 56.5 Å². The van der Waals surface area contributed by atoms with Gasteiger partial charge in [-0.25, -0.2) is 15.0 Å². The van der Waals surface area contributed by atoms with Gasteiger partial charge in [0, 0.05) is 22.8 Å². The van der Waals surface area contributed by atoms with Crippen LogP contribution in [0.15, 0.2) is 49.1 Å². The SMILES string of the molecule is C[C@@H](NC(=O)c1cc2c(cn1)ncn2C1CCC1)c1cnc(Nc2ccc(C(F)(F)F)cc2)s1. The van der Waals surface area contributed by atoms with Crippen molar-refractivity contribution in [3.05, 3.63) is 65.2 Å². The molecule has 176 valence electrons. The standard InChI is InChI=1S/C23H21F3N6OS/c1-13(20-11-28-22(34-20)31-15-7-5-14(6-8-15)23(24,25)26)30-21(33)17-9-19-18(10-27-17)29-12-32(19)16-3-2-4-16/h5-13,16H,2-4H2,1H3,(H,28,31)(H,30,33)/t13-/m1/s1. The van der Waals surface area contributed by atoms with Gasteiger partial charge in [-0.2, -0.15) is 13.2 Å². The van der Waals surface area contributed by atoms with Gasteiger partial charge >= 0.3 is 6.18 Å². The summed E-state index contributed by atoms with van der Waals surface area (Å²) >= 11 is 1.31. The molecule has 0 radical (unpaired) electrons. The molecule has 0 bridgehead atoms. The molecule has 1 saturated carbocycles. The van der Waals surface area contributed by atoms with E-state index in [0.717, 1.165) is 40.9 Å². The number of halogens is 3. The summed E-state index contributed by atoms with van der Waals surface area (Å²) in [5.74, 6) is -0.304. The molecule has 1 atom stereocenters. The smallest absolute Gasteiger partial charge is 0.343 e. The quantitative estimate of drug-likeness (QED) is 0.356. The Bertz CT molecular complexity index is 1330. The maximum atomic E-state index is 12.8. The van der Waals surface area contributed by atoms with Gasteiger partial charge in [0.15, 0.2) is 5.13 Å². The van der Waals surface area contributed by atoms with Crippen molar-refractivity contribution in [1.82, 2.24) is 24.8 Å². The summed E-state index contributed by atoms with van der Waals surface area (Å²) in [6, 6.07) is 6.60. The first-order valence-corrected chi connectivity index (χ1v) is 11.6. The largest absolute Gasteiger partial charge is 0.416 e. The molecule has 5 rings (SSSR count). The summed E-state index contributed by atoms with van der Waals surface area (Å²) in [6.45, 7) is 1.84. The maximum Gasteiger partial charge on any atom is 0.416 e. The average Bonchev–Trinajstić information content (AvgIpc) is 3.39. The molecule has 0 spiro atoms. The summed E-state index contributed by atoms with van der Waals surface area (Å²) in [7, 11) is 0. The lowest BCUT2D eigenvalue weighted by Gasteiger charge is -2.27. The number of alkyl halides is 3. The number of imidazole rings is 1. The molecule has 1 fully saturated rings. The summed E-state index contributed by atoms with van der Waals surface area (Å²) in [6.07, 6.45) is 4.10. The summed E-state index contributed by atoms with van der Waals surface area (Å²) in [5.41, 5.74) is 1.76. The molecule has 7 nitrogen and oxygen atoms in total. The number of thiazole rings is 1. The minimum atomic E-state index is -4.38. The van der Waals surface area contributed by atoms with Crippen molar-refractivity contribution in [3.8, 4) is 0 Å². The van der Waals surface area contributed by atoms with E-state index in [4.69, 9.17) is 0 Å². The number of fused-ring (bicyclic) bond motifs is 1. The Labute approximate surface area is 197 Å². The molecule has 34 heavy (non-hydrogen) atoms. The van der Waals surface area contributed by atoms with E-state index in [9.17, 15) is 18.0 Å². The zero-order valence-corrected chi connectivity index (χ0v) is 19.0. The van der Waals surface area contributed by atoms with Crippen LogP contribution in [0.1, 0.15) is 59.2 Å². The number of aromatic nitrogens is 4. The second-order valence-corrected chi connectivity index (χ2v) is 9.32. The maximum absolute atomic E-state index is 12.8. The predicted octanol–water partition coefficient (Wildman–Crippen LogP) is 5.87. The van der Waals surface area contributed by atoms with Crippen molar-refractivity contribution in [2.24, 2.45) is 0 Å². The lowest BCUT2D eigenvalue weighted by molar-refractivity contribution is -0.137. The average molecular weight is 487 g/mol. The minimum absolute atomic E-state index is 0.304. The Morgan fingerprint density at radius 3 is 2.59 bits per heavy atom. The molecule has 0 saturated heterocycles. The highest BCUT2D eigenvalue weighted by molar-refractivity contribution is 7.15. The number of carbonyl (C=O) groups is 1. The Morgan fingerprint density at radius 2 is 1.91 bits per heavy atom. The van der Waals surface area contributed by atoms with E-state index in [1.807, 2.05) is 13.3 Å². The zero-order chi connectivity index (χ0) is 23.9. The number of anilines is 2. The molecule has 1 aliphatic rings. The van der Waals surface area contributed by atoms with Gasteiger partial charge in [0.2, 0.25) is 0 Å². The lowest BCUT2D eigenvalue weighted by Crippen LogP contribution is -2.27. The van der Waals surface area contributed by atoms with Crippen LogP contribution in [0.4, 0.5) is 24.0 Å². The summed E-state index contributed by atoms with van der Waals surface area (Å²) in [5, 5.41) is 6.44. The fourth-order valence-electron chi connectivity index (χ4n) is 3.76. The molecular weight excluding hydrogens is 465 g/mol. The molecule has 3 aromatic heterocycles. The Balaban J connectivity index is 1.25. The van der Waals surface area contributed by atoms with E-state index in [1.165, 1.54) is 29.9 Å². The Hall–Kier alpha value is -3.47. The molecule has 0 aliphatic heterocycles. The van der Waals surface area contributed by atoms with Crippen LogP contribution in [0.2, 0.25) is 0 Å². The van der Waals surface area contributed by atoms with Gasteiger partial charge in [-0.1, -0.05) is 11.3 Å². The summed E-state index contributed by atoms with van der Waals surface area (Å²) < 4.78 is 40.3. The minimum Gasteiger partial charge on any atom is -0.343 e.